The van der Waals surface area contributed by atoms with E-state index in [0.717, 1.165) is 11.8 Å². The fourth-order valence-electron chi connectivity index (χ4n) is 2.87. The van der Waals surface area contributed by atoms with Crippen LogP contribution in [0, 0.1) is 11.8 Å². The summed E-state index contributed by atoms with van der Waals surface area (Å²) in [6, 6.07) is 0.479. The zero-order valence-corrected chi connectivity index (χ0v) is 9.37. The van der Waals surface area contributed by atoms with Gasteiger partial charge < -0.3 is 11.1 Å². The second-order valence-electron chi connectivity index (χ2n) is 5.01. The highest BCUT2D eigenvalue weighted by Gasteiger charge is 2.43. The number of carbonyl (C=O) groups is 1. The maximum Gasteiger partial charge on any atom is 0.221 e. The van der Waals surface area contributed by atoms with E-state index in [1.807, 2.05) is 0 Å². The van der Waals surface area contributed by atoms with E-state index in [1.165, 1.54) is 38.5 Å². The van der Waals surface area contributed by atoms with Crippen LogP contribution < -0.4 is 11.1 Å². The molecule has 2 aliphatic rings. The van der Waals surface area contributed by atoms with Gasteiger partial charge in [0, 0.05) is 19.0 Å². The molecule has 0 saturated heterocycles. The molecule has 2 fully saturated rings. The lowest BCUT2D eigenvalue weighted by Gasteiger charge is -2.21. The summed E-state index contributed by atoms with van der Waals surface area (Å²) in [6.45, 7) is 0.465. The molecule has 0 aromatic carbocycles. The maximum atomic E-state index is 11.3. The number of rotatable bonds is 4. The Labute approximate surface area is 91.8 Å². The molecule has 86 valence electrons. The van der Waals surface area contributed by atoms with Crippen molar-refractivity contribution in [3.8, 4) is 0 Å². The van der Waals surface area contributed by atoms with Gasteiger partial charge in [-0.05, 0) is 18.3 Å². The molecule has 15 heavy (non-hydrogen) atoms. The van der Waals surface area contributed by atoms with Crippen LogP contribution in [-0.4, -0.2) is 18.5 Å². The summed E-state index contributed by atoms with van der Waals surface area (Å²) in [5, 5.41) is 3.08. The van der Waals surface area contributed by atoms with Gasteiger partial charge in [0.25, 0.3) is 0 Å². The molecule has 0 radical (unpaired) electrons. The Balaban J connectivity index is 1.68. The topological polar surface area (TPSA) is 55.1 Å². The molecule has 3 nitrogen and oxygen atoms in total. The summed E-state index contributed by atoms with van der Waals surface area (Å²) in [5.74, 6) is 1.81. The van der Waals surface area contributed by atoms with E-state index < -0.39 is 0 Å². The summed E-state index contributed by atoms with van der Waals surface area (Å²) >= 11 is 0. The van der Waals surface area contributed by atoms with Crippen LogP contribution in [0.1, 0.15) is 44.9 Å². The lowest BCUT2D eigenvalue weighted by atomic mass is 9.85. The molecule has 3 N–H and O–H groups in total. The van der Waals surface area contributed by atoms with Gasteiger partial charge >= 0.3 is 0 Å². The minimum Gasteiger partial charge on any atom is -0.353 e. The van der Waals surface area contributed by atoms with Gasteiger partial charge in [0.1, 0.15) is 0 Å². The number of nitrogens with one attached hydrogen (secondary N) is 1. The van der Waals surface area contributed by atoms with Crippen molar-refractivity contribution in [3.05, 3.63) is 0 Å². The molecular formula is C12H22N2O. The smallest absolute Gasteiger partial charge is 0.221 e. The third-order valence-corrected chi connectivity index (χ3v) is 3.81. The first kappa shape index (κ1) is 10.9. The van der Waals surface area contributed by atoms with Crippen LogP contribution >= 0.6 is 0 Å². The van der Waals surface area contributed by atoms with Gasteiger partial charge in [-0.3, -0.25) is 4.79 Å². The monoisotopic (exact) mass is 210 g/mol. The third-order valence-electron chi connectivity index (χ3n) is 3.81. The first-order valence-electron chi connectivity index (χ1n) is 6.30. The molecule has 0 aliphatic heterocycles. The predicted octanol–water partition coefficient (Wildman–Crippen LogP) is 1.42. The van der Waals surface area contributed by atoms with Crippen LogP contribution in [0.5, 0.6) is 0 Å². The van der Waals surface area contributed by atoms with Gasteiger partial charge in [-0.25, -0.2) is 0 Å². The Hall–Kier alpha value is -0.570. The zero-order chi connectivity index (χ0) is 10.7. The molecule has 0 bridgehead atoms. The predicted molar refractivity (Wildman–Crippen MR) is 60.3 cm³/mol. The fourth-order valence-corrected chi connectivity index (χ4v) is 2.87. The number of hydrogen-bond acceptors (Lipinski definition) is 2. The Kier molecular flexibility index (Phi) is 3.62. The molecule has 2 atom stereocenters. The minimum atomic E-state index is 0.140. The molecule has 2 aliphatic carbocycles. The molecule has 3 heteroatoms. The highest BCUT2D eigenvalue weighted by atomic mass is 16.1. The van der Waals surface area contributed by atoms with Crippen molar-refractivity contribution in [1.82, 2.24) is 5.32 Å². The van der Waals surface area contributed by atoms with Gasteiger partial charge in [-0.1, -0.05) is 32.1 Å². The molecule has 0 aromatic heterocycles. The molecule has 0 spiro atoms. The van der Waals surface area contributed by atoms with Crippen molar-refractivity contribution in [3.63, 3.8) is 0 Å². The third kappa shape index (κ3) is 2.94. The van der Waals surface area contributed by atoms with Crippen molar-refractivity contribution in [2.24, 2.45) is 17.6 Å². The normalized spacial score (nSPS) is 31.3. The van der Waals surface area contributed by atoms with Crippen LogP contribution in [0.3, 0.4) is 0 Å². The molecule has 1 amide bonds. The second kappa shape index (κ2) is 4.97. The van der Waals surface area contributed by atoms with Crippen LogP contribution in [0.25, 0.3) is 0 Å². The fraction of sp³-hybridized carbons (Fsp3) is 0.917. The maximum absolute atomic E-state index is 11.3. The SMILES string of the molecule is NCCC(=O)NC1CC1C1CCCCC1. The van der Waals surface area contributed by atoms with Crippen LogP contribution in [-0.2, 0) is 4.79 Å². The summed E-state index contributed by atoms with van der Waals surface area (Å²) in [5.41, 5.74) is 5.34. The Morgan fingerprint density at radius 1 is 1.27 bits per heavy atom. The average Bonchev–Trinajstić information content (AvgIpc) is 2.99. The second-order valence-corrected chi connectivity index (χ2v) is 5.01. The molecular weight excluding hydrogens is 188 g/mol. The van der Waals surface area contributed by atoms with Gasteiger partial charge in [0.15, 0.2) is 0 Å². The zero-order valence-electron chi connectivity index (χ0n) is 9.37. The molecule has 2 unspecified atom stereocenters. The van der Waals surface area contributed by atoms with Crippen molar-refractivity contribution < 1.29 is 4.79 Å². The number of nitrogens with two attached hydrogens (primary N) is 1. The Morgan fingerprint density at radius 2 is 2.00 bits per heavy atom. The molecule has 2 saturated carbocycles. The van der Waals surface area contributed by atoms with E-state index in [1.54, 1.807) is 0 Å². The first-order chi connectivity index (χ1) is 7.31. The van der Waals surface area contributed by atoms with E-state index in [-0.39, 0.29) is 5.91 Å². The van der Waals surface area contributed by atoms with Gasteiger partial charge in [0.05, 0.1) is 0 Å². The van der Waals surface area contributed by atoms with Gasteiger partial charge in [-0.15, -0.1) is 0 Å². The largest absolute Gasteiger partial charge is 0.353 e. The number of hydrogen-bond donors (Lipinski definition) is 2. The van der Waals surface area contributed by atoms with E-state index in [0.29, 0.717) is 19.0 Å². The van der Waals surface area contributed by atoms with Crippen molar-refractivity contribution in [2.45, 2.75) is 51.0 Å². The quantitative estimate of drug-likeness (QED) is 0.737. The van der Waals surface area contributed by atoms with Gasteiger partial charge in [-0.2, -0.15) is 0 Å². The van der Waals surface area contributed by atoms with E-state index in [2.05, 4.69) is 5.32 Å². The van der Waals surface area contributed by atoms with Gasteiger partial charge in [0.2, 0.25) is 5.91 Å². The van der Waals surface area contributed by atoms with Crippen molar-refractivity contribution >= 4 is 5.91 Å². The summed E-state index contributed by atoms with van der Waals surface area (Å²) in [6.07, 6.45) is 8.65. The van der Waals surface area contributed by atoms with E-state index >= 15 is 0 Å². The van der Waals surface area contributed by atoms with E-state index in [4.69, 9.17) is 5.73 Å². The minimum absolute atomic E-state index is 0.140. The highest BCUT2D eigenvalue weighted by Crippen LogP contribution is 2.44. The first-order valence-corrected chi connectivity index (χ1v) is 6.30. The molecule has 0 aromatic rings. The summed E-state index contributed by atoms with van der Waals surface area (Å²) in [4.78, 5) is 11.3. The standard InChI is InChI=1S/C12H22N2O/c13-7-6-12(15)14-11-8-10(11)9-4-2-1-3-5-9/h9-11H,1-8,13H2,(H,14,15). The average molecular weight is 210 g/mol. The summed E-state index contributed by atoms with van der Waals surface area (Å²) in [7, 11) is 0. The van der Waals surface area contributed by atoms with Crippen molar-refractivity contribution in [2.75, 3.05) is 6.54 Å². The van der Waals surface area contributed by atoms with E-state index in [9.17, 15) is 4.79 Å². The number of carbonyl (C=O) groups excluding carboxylic acids is 1. The van der Waals surface area contributed by atoms with Crippen LogP contribution in [0.4, 0.5) is 0 Å². The summed E-state index contributed by atoms with van der Waals surface area (Å²) < 4.78 is 0. The molecule has 2 rings (SSSR count). The Bertz CT molecular complexity index is 224. The molecule has 0 heterocycles. The van der Waals surface area contributed by atoms with Crippen LogP contribution in [0.15, 0.2) is 0 Å². The lowest BCUT2D eigenvalue weighted by Crippen LogP contribution is -2.29. The lowest BCUT2D eigenvalue weighted by molar-refractivity contribution is -0.121. The van der Waals surface area contributed by atoms with Crippen LogP contribution in [0.2, 0.25) is 0 Å². The number of amides is 1. The Morgan fingerprint density at radius 3 is 2.67 bits per heavy atom. The van der Waals surface area contributed by atoms with Crippen molar-refractivity contribution in [1.29, 1.82) is 0 Å². The highest BCUT2D eigenvalue weighted by molar-refractivity contribution is 5.76.